The van der Waals surface area contributed by atoms with Crippen molar-refractivity contribution < 1.29 is 9.21 Å². The van der Waals surface area contributed by atoms with Crippen molar-refractivity contribution in [3.05, 3.63) is 42.2 Å². The predicted octanol–water partition coefficient (Wildman–Crippen LogP) is 3.20. The average Bonchev–Trinajstić information content (AvgIpc) is 2.89. The minimum atomic E-state index is -0.0741. The molecule has 0 aliphatic rings. The van der Waals surface area contributed by atoms with E-state index in [2.05, 4.69) is 9.97 Å². The summed E-state index contributed by atoms with van der Waals surface area (Å²) >= 11 is 1.50. The number of ketones is 1. The summed E-state index contributed by atoms with van der Waals surface area (Å²) in [5.74, 6) is 0.667. The van der Waals surface area contributed by atoms with Gasteiger partial charge >= 0.3 is 0 Å². The van der Waals surface area contributed by atoms with Crippen LogP contribution >= 0.6 is 11.8 Å². The second-order valence-corrected chi connectivity index (χ2v) is 5.11. The lowest BCUT2D eigenvalue weighted by molar-refractivity contribution is 0.0930. The van der Waals surface area contributed by atoms with Crippen molar-refractivity contribution in [3.63, 3.8) is 0 Å². The molecule has 2 aromatic heterocycles. The maximum atomic E-state index is 12.0. The Bertz CT molecular complexity index is 524. The maximum Gasteiger partial charge on any atom is 0.186 e. The SMILES string of the molecule is CC(C)C(=O)c1nccnc1SCc1ccoc1. The maximum absolute atomic E-state index is 12.0. The Morgan fingerprint density at radius 1 is 1.39 bits per heavy atom. The molecule has 0 saturated heterocycles. The summed E-state index contributed by atoms with van der Waals surface area (Å²) < 4.78 is 5.00. The van der Waals surface area contributed by atoms with E-state index in [0.717, 1.165) is 5.56 Å². The normalized spacial score (nSPS) is 10.8. The lowest BCUT2D eigenvalue weighted by Gasteiger charge is -2.07. The van der Waals surface area contributed by atoms with Gasteiger partial charge in [0.2, 0.25) is 0 Å². The first-order valence-electron chi connectivity index (χ1n) is 5.67. The van der Waals surface area contributed by atoms with Gasteiger partial charge in [-0.25, -0.2) is 9.97 Å². The van der Waals surface area contributed by atoms with Crippen LogP contribution in [0.15, 0.2) is 40.4 Å². The second kappa shape index (κ2) is 5.82. The molecule has 0 atom stereocenters. The van der Waals surface area contributed by atoms with Crippen molar-refractivity contribution >= 4 is 17.5 Å². The Labute approximate surface area is 110 Å². The van der Waals surface area contributed by atoms with Gasteiger partial charge in [0.25, 0.3) is 0 Å². The summed E-state index contributed by atoms with van der Waals surface area (Å²) in [6.07, 6.45) is 6.48. The van der Waals surface area contributed by atoms with Crippen LogP contribution in [0.3, 0.4) is 0 Å². The molecule has 0 aromatic carbocycles. The highest BCUT2D eigenvalue weighted by Crippen LogP contribution is 2.24. The Hall–Kier alpha value is -1.62. The molecule has 0 spiro atoms. The molecular weight excluding hydrogens is 248 g/mol. The van der Waals surface area contributed by atoms with Crippen LogP contribution < -0.4 is 0 Å². The smallest absolute Gasteiger partial charge is 0.186 e. The average molecular weight is 262 g/mol. The van der Waals surface area contributed by atoms with Gasteiger partial charge in [-0.1, -0.05) is 25.6 Å². The summed E-state index contributed by atoms with van der Waals surface area (Å²) in [7, 11) is 0. The molecule has 0 N–H and O–H groups in total. The molecule has 2 heterocycles. The van der Waals surface area contributed by atoms with Gasteiger partial charge in [-0.05, 0) is 6.07 Å². The van der Waals surface area contributed by atoms with Gasteiger partial charge in [0.15, 0.2) is 5.78 Å². The summed E-state index contributed by atoms with van der Waals surface area (Å²) in [4.78, 5) is 20.4. The number of nitrogens with zero attached hydrogens (tertiary/aromatic N) is 2. The van der Waals surface area contributed by atoms with Crippen LogP contribution in [-0.2, 0) is 5.75 Å². The van der Waals surface area contributed by atoms with Crippen LogP contribution in [0.5, 0.6) is 0 Å². The minimum Gasteiger partial charge on any atom is -0.472 e. The molecule has 0 bridgehead atoms. The number of Topliss-reactive ketones (excluding diaryl/α,β-unsaturated/α-hetero) is 1. The summed E-state index contributed by atoms with van der Waals surface area (Å²) in [6, 6.07) is 1.90. The number of thioether (sulfide) groups is 1. The van der Waals surface area contributed by atoms with Crippen molar-refractivity contribution in [3.8, 4) is 0 Å². The zero-order valence-corrected chi connectivity index (χ0v) is 11.1. The highest BCUT2D eigenvalue weighted by Gasteiger charge is 2.17. The van der Waals surface area contributed by atoms with Gasteiger partial charge in [0, 0.05) is 29.6 Å². The predicted molar refractivity (Wildman–Crippen MR) is 69.5 cm³/mol. The standard InChI is InChI=1S/C13H14N2O2S/c1-9(2)12(16)11-13(15-5-4-14-11)18-8-10-3-6-17-7-10/h3-7,9H,8H2,1-2H3. The Morgan fingerprint density at radius 3 is 2.83 bits per heavy atom. The fourth-order valence-corrected chi connectivity index (χ4v) is 2.29. The quantitative estimate of drug-likeness (QED) is 0.611. The molecule has 0 aliphatic heterocycles. The van der Waals surface area contributed by atoms with Gasteiger partial charge < -0.3 is 4.42 Å². The largest absolute Gasteiger partial charge is 0.472 e. The van der Waals surface area contributed by atoms with E-state index >= 15 is 0 Å². The van der Waals surface area contributed by atoms with Crippen molar-refractivity contribution in [1.82, 2.24) is 9.97 Å². The first-order chi connectivity index (χ1) is 8.68. The monoisotopic (exact) mass is 262 g/mol. The molecule has 0 amide bonds. The number of furan rings is 1. The highest BCUT2D eigenvalue weighted by atomic mass is 32.2. The summed E-state index contributed by atoms with van der Waals surface area (Å²) in [6.45, 7) is 3.73. The zero-order valence-electron chi connectivity index (χ0n) is 10.3. The first kappa shape index (κ1) is 12.8. The molecule has 5 heteroatoms. The van der Waals surface area contributed by atoms with Crippen LogP contribution in [0.2, 0.25) is 0 Å². The van der Waals surface area contributed by atoms with Crippen molar-refractivity contribution in [2.24, 2.45) is 5.92 Å². The van der Waals surface area contributed by atoms with Crippen LogP contribution in [0.1, 0.15) is 29.9 Å². The molecule has 0 radical (unpaired) electrons. The fourth-order valence-electron chi connectivity index (χ4n) is 1.40. The zero-order chi connectivity index (χ0) is 13.0. The molecule has 4 nitrogen and oxygen atoms in total. The van der Waals surface area contributed by atoms with E-state index in [9.17, 15) is 4.79 Å². The van der Waals surface area contributed by atoms with E-state index in [4.69, 9.17) is 4.42 Å². The van der Waals surface area contributed by atoms with Crippen LogP contribution in [-0.4, -0.2) is 15.8 Å². The van der Waals surface area contributed by atoms with Crippen LogP contribution in [0.25, 0.3) is 0 Å². The number of rotatable bonds is 5. The van der Waals surface area contributed by atoms with E-state index in [1.165, 1.54) is 11.8 Å². The topological polar surface area (TPSA) is 56.0 Å². The first-order valence-corrected chi connectivity index (χ1v) is 6.66. The lowest BCUT2D eigenvalue weighted by atomic mass is 10.1. The van der Waals surface area contributed by atoms with E-state index in [1.807, 2.05) is 19.9 Å². The van der Waals surface area contributed by atoms with E-state index in [-0.39, 0.29) is 11.7 Å². The molecule has 2 aromatic rings. The molecule has 0 aliphatic carbocycles. The van der Waals surface area contributed by atoms with Gasteiger partial charge in [-0.2, -0.15) is 0 Å². The van der Waals surface area contributed by atoms with Crippen LogP contribution in [0, 0.1) is 5.92 Å². The summed E-state index contributed by atoms with van der Waals surface area (Å²) in [5.41, 5.74) is 1.52. The molecule has 18 heavy (non-hydrogen) atoms. The van der Waals surface area contributed by atoms with E-state index < -0.39 is 0 Å². The number of hydrogen-bond donors (Lipinski definition) is 0. The van der Waals surface area contributed by atoms with Gasteiger partial charge in [0.1, 0.15) is 10.7 Å². The second-order valence-electron chi connectivity index (χ2n) is 4.15. The van der Waals surface area contributed by atoms with Crippen LogP contribution in [0.4, 0.5) is 0 Å². The van der Waals surface area contributed by atoms with Crippen molar-refractivity contribution in [1.29, 1.82) is 0 Å². The fraction of sp³-hybridized carbons (Fsp3) is 0.308. The minimum absolute atomic E-state index is 0.0257. The Balaban J connectivity index is 2.15. The van der Waals surface area contributed by atoms with Gasteiger partial charge in [-0.3, -0.25) is 4.79 Å². The van der Waals surface area contributed by atoms with Gasteiger partial charge in [-0.15, -0.1) is 0 Å². The third kappa shape index (κ3) is 2.98. The molecular formula is C13H14N2O2S. The molecule has 2 rings (SSSR count). The highest BCUT2D eigenvalue weighted by molar-refractivity contribution is 7.98. The molecule has 0 saturated carbocycles. The summed E-state index contributed by atoms with van der Waals surface area (Å²) in [5, 5.41) is 0.678. The number of hydrogen-bond acceptors (Lipinski definition) is 5. The number of carbonyl (C=O) groups excluding carboxylic acids is 1. The number of aromatic nitrogens is 2. The third-order valence-corrected chi connectivity index (χ3v) is 3.43. The van der Waals surface area contributed by atoms with Crippen molar-refractivity contribution in [2.45, 2.75) is 24.6 Å². The third-order valence-electron chi connectivity index (χ3n) is 2.38. The van der Waals surface area contributed by atoms with Crippen molar-refractivity contribution in [2.75, 3.05) is 0 Å². The Morgan fingerprint density at radius 2 is 2.17 bits per heavy atom. The lowest BCUT2D eigenvalue weighted by Crippen LogP contribution is -2.11. The van der Waals surface area contributed by atoms with Gasteiger partial charge in [0.05, 0.1) is 12.5 Å². The van der Waals surface area contributed by atoms with E-state index in [0.29, 0.717) is 16.5 Å². The molecule has 0 unspecified atom stereocenters. The molecule has 0 fully saturated rings. The number of carbonyl (C=O) groups is 1. The van der Waals surface area contributed by atoms with E-state index in [1.54, 1.807) is 24.9 Å². The Kier molecular flexibility index (Phi) is 4.15. The molecule has 94 valence electrons.